The molecule has 0 fully saturated rings. The van der Waals surface area contributed by atoms with Crippen molar-refractivity contribution in [2.45, 2.75) is 6.42 Å². The van der Waals surface area contributed by atoms with Crippen LogP contribution in [0.15, 0.2) is 61.2 Å². The van der Waals surface area contributed by atoms with Crippen molar-refractivity contribution in [3.8, 4) is 5.75 Å². The fraction of sp³-hybridized carbons (Fsp3) is 0.250. The fourth-order valence-electron chi connectivity index (χ4n) is 2.54. The lowest BCUT2D eigenvalue weighted by Crippen LogP contribution is -2.30. The van der Waals surface area contributed by atoms with E-state index in [0.29, 0.717) is 24.2 Å². The van der Waals surface area contributed by atoms with Gasteiger partial charge < -0.3 is 10.1 Å². The number of rotatable bonds is 9. The summed E-state index contributed by atoms with van der Waals surface area (Å²) in [5.41, 5.74) is 2.06. The number of nitrogens with one attached hydrogen (secondary N) is 1. The van der Waals surface area contributed by atoms with E-state index in [4.69, 9.17) is 4.74 Å². The Morgan fingerprint density at radius 3 is 2.30 bits per heavy atom. The molecule has 1 amide bonds. The van der Waals surface area contributed by atoms with Gasteiger partial charge in [0.1, 0.15) is 5.75 Å². The van der Waals surface area contributed by atoms with E-state index in [1.54, 1.807) is 31.4 Å². The van der Waals surface area contributed by atoms with E-state index in [1.807, 2.05) is 24.3 Å². The van der Waals surface area contributed by atoms with Crippen LogP contribution < -0.4 is 14.4 Å². The Labute approximate surface area is 160 Å². The standard InChI is InChI=1S/C20H24N2O4S/c1-4-15-22(27(3,24)25)18-9-7-17(8-10-18)20(23)21-14-13-16-5-11-19(26-2)12-6-16/h4-12H,1,13-15H2,2-3H3,(H,21,23). The van der Waals surface area contributed by atoms with Crippen LogP contribution in [0.4, 0.5) is 5.69 Å². The highest BCUT2D eigenvalue weighted by atomic mass is 32.2. The van der Waals surface area contributed by atoms with E-state index < -0.39 is 10.0 Å². The van der Waals surface area contributed by atoms with Gasteiger partial charge in [0.2, 0.25) is 10.0 Å². The van der Waals surface area contributed by atoms with Crippen LogP contribution in [0, 0.1) is 0 Å². The minimum absolute atomic E-state index is 0.173. The van der Waals surface area contributed by atoms with Gasteiger partial charge in [0.15, 0.2) is 0 Å². The second-order valence-electron chi connectivity index (χ2n) is 5.98. The molecule has 144 valence electrons. The highest BCUT2D eigenvalue weighted by Crippen LogP contribution is 2.18. The van der Waals surface area contributed by atoms with Crippen LogP contribution in [-0.4, -0.2) is 40.8 Å². The molecule has 0 radical (unpaired) electrons. The number of ether oxygens (including phenoxy) is 1. The Hall–Kier alpha value is -2.80. The third kappa shape index (κ3) is 5.86. The summed E-state index contributed by atoms with van der Waals surface area (Å²) in [5.74, 6) is 0.590. The summed E-state index contributed by atoms with van der Waals surface area (Å²) in [6.45, 7) is 4.25. The van der Waals surface area contributed by atoms with Crippen molar-refractivity contribution in [2.75, 3.05) is 30.8 Å². The number of carbonyl (C=O) groups excluding carboxylic acids is 1. The summed E-state index contributed by atoms with van der Waals surface area (Å²) in [6, 6.07) is 14.1. The lowest BCUT2D eigenvalue weighted by molar-refractivity contribution is 0.0954. The highest BCUT2D eigenvalue weighted by molar-refractivity contribution is 7.92. The lowest BCUT2D eigenvalue weighted by Gasteiger charge is -2.20. The first-order chi connectivity index (χ1) is 12.8. The van der Waals surface area contributed by atoms with E-state index in [2.05, 4.69) is 11.9 Å². The molecule has 0 unspecified atom stereocenters. The number of benzene rings is 2. The Morgan fingerprint density at radius 1 is 1.15 bits per heavy atom. The number of sulfonamides is 1. The number of methoxy groups -OCH3 is 1. The van der Waals surface area contributed by atoms with Crippen LogP contribution >= 0.6 is 0 Å². The van der Waals surface area contributed by atoms with Crippen molar-refractivity contribution >= 4 is 21.6 Å². The fourth-order valence-corrected chi connectivity index (χ4v) is 3.42. The molecule has 7 heteroatoms. The lowest BCUT2D eigenvalue weighted by atomic mass is 10.1. The van der Waals surface area contributed by atoms with Gasteiger partial charge in [0.05, 0.1) is 25.6 Å². The van der Waals surface area contributed by atoms with Crippen molar-refractivity contribution in [2.24, 2.45) is 0 Å². The van der Waals surface area contributed by atoms with Crippen molar-refractivity contribution in [3.05, 3.63) is 72.3 Å². The first-order valence-electron chi connectivity index (χ1n) is 8.45. The number of anilines is 1. The van der Waals surface area contributed by atoms with Gasteiger partial charge in [0, 0.05) is 12.1 Å². The molecule has 0 heterocycles. The summed E-state index contributed by atoms with van der Waals surface area (Å²) < 4.78 is 30.0. The summed E-state index contributed by atoms with van der Waals surface area (Å²) in [7, 11) is -1.79. The van der Waals surface area contributed by atoms with Gasteiger partial charge in [-0.3, -0.25) is 9.10 Å². The maximum Gasteiger partial charge on any atom is 0.251 e. The Morgan fingerprint density at radius 2 is 1.78 bits per heavy atom. The van der Waals surface area contributed by atoms with Gasteiger partial charge >= 0.3 is 0 Å². The number of amides is 1. The van der Waals surface area contributed by atoms with Crippen LogP contribution in [0.5, 0.6) is 5.75 Å². The molecule has 0 aromatic heterocycles. The van der Waals surface area contributed by atoms with E-state index in [1.165, 1.54) is 10.4 Å². The average molecular weight is 388 g/mol. The van der Waals surface area contributed by atoms with Gasteiger partial charge in [-0.25, -0.2) is 8.42 Å². The summed E-state index contributed by atoms with van der Waals surface area (Å²) in [5, 5.41) is 2.86. The molecular weight excluding hydrogens is 364 g/mol. The quantitative estimate of drug-likeness (QED) is 0.670. The molecule has 0 aliphatic heterocycles. The molecule has 0 spiro atoms. The first-order valence-corrected chi connectivity index (χ1v) is 10.3. The van der Waals surface area contributed by atoms with Gasteiger partial charge in [-0.1, -0.05) is 18.2 Å². The molecule has 0 aliphatic rings. The van der Waals surface area contributed by atoms with Crippen LogP contribution in [0.2, 0.25) is 0 Å². The maximum absolute atomic E-state index is 12.3. The monoisotopic (exact) mass is 388 g/mol. The molecule has 2 aromatic rings. The number of carbonyl (C=O) groups is 1. The SMILES string of the molecule is C=CCN(c1ccc(C(=O)NCCc2ccc(OC)cc2)cc1)S(C)(=O)=O. The zero-order chi connectivity index (χ0) is 19.9. The van der Waals surface area contributed by atoms with Crippen molar-refractivity contribution < 1.29 is 17.9 Å². The van der Waals surface area contributed by atoms with Crippen LogP contribution in [0.1, 0.15) is 15.9 Å². The Kier molecular flexibility index (Phi) is 7.01. The molecule has 0 saturated heterocycles. The zero-order valence-corrected chi connectivity index (χ0v) is 16.3. The molecule has 27 heavy (non-hydrogen) atoms. The molecule has 1 N–H and O–H groups in total. The third-order valence-corrected chi connectivity index (χ3v) is 5.13. The van der Waals surface area contributed by atoms with Crippen LogP contribution in [-0.2, 0) is 16.4 Å². The minimum atomic E-state index is -3.41. The molecular formula is C20H24N2O4S. The van der Waals surface area contributed by atoms with Crippen LogP contribution in [0.3, 0.4) is 0 Å². The van der Waals surface area contributed by atoms with Crippen molar-refractivity contribution in [1.29, 1.82) is 0 Å². The summed E-state index contributed by atoms with van der Waals surface area (Å²) in [4.78, 5) is 12.3. The van der Waals surface area contributed by atoms with Gasteiger partial charge in [-0.05, 0) is 48.4 Å². The second-order valence-corrected chi connectivity index (χ2v) is 7.89. The van der Waals surface area contributed by atoms with E-state index in [-0.39, 0.29) is 12.5 Å². The summed E-state index contributed by atoms with van der Waals surface area (Å²) in [6.07, 6.45) is 3.35. The predicted octanol–water partition coefficient (Wildman–Crippen LogP) is 2.62. The number of hydrogen-bond acceptors (Lipinski definition) is 4. The van der Waals surface area contributed by atoms with Crippen molar-refractivity contribution in [1.82, 2.24) is 5.32 Å². The molecule has 6 nitrogen and oxygen atoms in total. The third-order valence-electron chi connectivity index (χ3n) is 3.97. The number of hydrogen-bond donors (Lipinski definition) is 1. The van der Waals surface area contributed by atoms with Gasteiger partial charge in [-0.15, -0.1) is 6.58 Å². The first kappa shape index (κ1) is 20.5. The maximum atomic E-state index is 12.3. The smallest absolute Gasteiger partial charge is 0.251 e. The molecule has 0 aliphatic carbocycles. The molecule has 2 rings (SSSR count). The molecule has 0 atom stereocenters. The summed E-state index contributed by atoms with van der Waals surface area (Å²) >= 11 is 0. The van der Waals surface area contributed by atoms with Gasteiger partial charge in [-0.2, -0.15) is 0 Å². The van der Waals surface area contributed by atoms with E-state index >= 15 is 0 Å². The number of nitrogens with zero attached hydrogens (tertiary/aromatic N) is 1. The predicted molar refractivity (Wildman–Crippen MR) is 108 cm³/mol. The average Bonchev–Trinajstić information content (AvgIpc) is 2.66. The topological polar surface area (TPSA) is 75.7 Å². The van der Waals surface area contributed by atoms with E-state index in [9.17, 15) is 13.2 Å². The largest absolute Gasteiger partial charge is 0.497 e. The van der Waals surface area contributed by atoms with Crippen LogP contribution in [0.25, 0.3) is 0 Å². The molecule has 2 aromatic carbocycles. The second kappa shape index (κ2) is 9.23. The molecule has 0 saturated carbocycles. The minimum Gasteiger partial charge on any atom is -0.497 e. The van der Waals surface area contributed by atoms with Gasteiger partial charge in [0.25, 0.3) is 5.91 Å². The molecule has 0 bridgehead atoms. The highest BCUT2D eigenvalue weighted by Gasteiger charge is 2.16. The Bertz CT molecular complexity index is 875. The zero-order valence-electron chi connectivity index (χ0n) is 15.5. The Balaban J connectivity index is 1.95. The van der Waals surface area contributed by atoms with E-state index in [0.717, 1.165) is 17.6 Å². The van der Waals surface area contributed by atoms with Crippen molar-refractivity contribution in [3.63, 3.8) is 0 Å². The normalized spacial score (nSPS) is 10.9.